The van der Waals surface area contributed by atoms with Crippen molar-refractivity contribution in [1.82, 2.24) is 4.90 Å². The minimum Gasteiger partial charge on any atom is -0.493 e. The quantitative estimate of drug-likeness (QED) is 0.650. The van der Waals surface area contributed by atoms with Crippen LogP contribution in [0, 0.1) is 13.8 Å². The highest BCUT2D eigenvalue weighted by Gasteiger charge is 2.23. The van der Waals surface area contributed by atoms with Crippen molar-refractivity contribution in [3.8, 4) is 17.2 Å². The molecule has 2 aromatic rings. The van der Waals surface area contributed by atoms with Crippen molar-refractivity contribution in [3.05, 3.63) is 52.6 Å². The molecule has 7 heteroatoms. The first-order valence-corrected chi connectivity index (χ1v) is 9.78. The normalized spacial score (nSPS) is 12.7. The Hall–Kier alpha value is -3.22. The summed E-state index contributed by atoms with van der Waals surface area (Å²) in [6.07, 6.45) is 0.700. The van der Waals surface area contributed by atoms with Gasteiger partial charge < -0.3 is 23.8 Å². The first kappa shape index (κ1) is 21.5. The number of hydrogen-bond donors (Lipinski definition) is 0. The molecule has 0 fully saturated rings. The Balaban J connectivity index is 1.50. The van der Waals surface area contributed by atoms with Gasteiger partial charge in [0.25, 0.3) is 5.91 Å². The lowest BCUT2D eigenvalue weighted by molar-refractivity contribution is -0.154. The van der Waals surface area contributed by atoms with Gasteiger partial charge in [-0.25, -0.2) is 4.79 Å². The Bertz CT molecular complexity index is 940. The fourth-order valence-electron chi connectivity index (χ4n) is 3.32. The molecule has 0 saturated carbocycles. The van der Waals surface area contributed by atoms with Gasteiger partial charge in [-0.15, -0.1) is 0 Å². The van der Waals surface area contributed by atoms with Gasteiger partial charge >= 0.3 is 5.97 Å². The highest BCUT2D eigenvalue weighted by molar-refractivity contribution is 5.81. The van der Waals surface area contributed by atoms with Crippen LogP contribution in [0.1, 0.15) is 22.3 Å². The van der Waals surface area contributed by atoms with Gasteiger partial charge in [0, 0.05) is 13.1 Å². The van der Waals surface area contributed by atoms with Crippen LogP contribution in [0.2, 0.25) is 0 Å². The molecule has 0 aliphatic carbocycles. The lowest BCUT2D eigenvalue weighted by atomic mass is 9.99. The van der Waals surface area contributed by atoms with E-state index in [0.717, 1.165) is 22.3 Å². The monoisotopic (exact) mass is 413 g/mol. The molecule has 0 saturated heterocycles. The predicted octanol–water partition coefficient (Wildman–Crippen LogP) is 2.83. The second-order valence-corrected chi connectivity index (χ2v) is 7.24. The van der Waals surface area contributed by atoms with E-state index in [1.165, 1.54) is 0 Å². The van der Waals surface area contributed by atoms with E-state index in [4.69, 9.17) is 18.9 Å². The molecule has 0 radical (unpaired) electrons. The average Bonchev–Trinajstić information content (AvgIpc) is 2.76. The van der Waals surface area contributed by atoms with E-state index in [9.17, 15) is 9.59 Å². The molecule has 7 nitrogen and oxygen atoms in total. The number of carbonyl (C=O) groups excluding carboxylic acids is 2. The third-order valence-corrected chi connectivity index (χ3v) is 5.26. The van der Waals surface area contributed by atoms with Crippen LogP contribution < -0.4 is 14.2 Å². The van der Waals surface area contributed by atoms with E-state index in [0.29, 0.717) is 36.8 Å². The number of methoxy groups -OCH3 is 2. The molecule has 1 amide bonds. The molecule has 30 heavy (non-hydrogen) atoms. The number of benzene rings is 2. The summed E-state index contributed by atoms with van der Waals surface area (Å²) in [5, 5.41) is 0. The Morgan fingerprint density at radius 1 is 0.933 bits per heavy atom. The van der Waals surface area contributed by atoms with Gasteiger partial charge in [-0.2, -0.15) is 0 Å². The summed E-state index contributed by atoms with van der Waals surface area (Å²) in [6.45, 7) is 4.42. The van der Waals surface area contributed by atoms with Gasteiger partial charge in [-0.1, -0.05) is 6.07 Å². The van der Waals surface area contributed by atoms with Gasteiger partial charge in [0.15, 0.2) is 24.7 Å². The minimum atomic E-state index is -0.578. The van der Waals surface area contributed by atoms with Crippen molar-refractivity contribution in [2.45, 2.75) is 26.8 Å². The lowest BCUT2D eigenvalue weighted by Gasteiger charge is -2.29. The SMILES string of the molecule is COc1cc2c(cc1OC)CN(C(=O)COC(=O)COc1ccc(C)c(C)c1)CC2. The summed E-state index contributed by atoms with van der Waals surface area (Å²) in [6, 6.07) is 9.42. The highest BCUT2D eigenvalue weighted by atomic mass is 16.6. The largest absolute Gasteiger partial charge is 0.493 e. The fraction of sp³-hybridized carbons (Fsp3) is 0.391. The molecular formula is C23H27NO6. The first-order chi connectivity index (χ1) is 14.4. The van der Waals surface area contributed by atoms with E-state index in [2.05, 4.69) is 0 Å². The molecule has 0 aromatic heterocycles. The topological polar surface area (TPSA) is 74.3 Å². The number of hydrogen-bond acceptors (Lipinski definition) is 6. The smallest absolute Gasteiger partial charge is 0.344 e. The summed E-state index contributed by atoms with van der Waals surface area (Å²) in [5.74, 6) is 1.08. The minimum absolute atomic E-state index is 0.240. The second kappa shape index (κ2) is 9.52. The third kappa shape index (κ3) is 5.03. The molecule has 1 heterocycles. The molecule has 0 unspecified atom stereocenters. The summed E-state index contributed by atoms with van der Waals surface area (Å²) in [7, 11) is 3.18. The van der Waals surface area contributed by atoms with Crippen LogP contribution >= 0.6 is 0 Å². The molecule has 0 spiro atoms. The number of esters is 1. The maximum atomic E-state index is 12.5. The van der Waals surface area contributed by atoms with Crippen molar-refractivity contribution >= 4 is 11.9 Å². The van der Waals surface area contributed by atoms with Crippen LogP contribution in [-0.2, 0) is 27.3 Å². The Kier molecular flexibility index (Phi) is 6.82. The maximum Gasteiger partial charge on any atom is 0.344 e. The van der Waals surface area contributed by atoms with Gasteiger partial charge in [0.05, 0.1) is 14.2 Å². The molecule has 1 aliphatic rings. The number of aryl methyl sites for hydroxylation is 2. The molecule has 0 bridgehead atoms. The molecule has 0 N–H and O–H groups in total. The molecule has 160 valence electrons. The van der Waals surface area contributed by atoms with Crippen molar-refractivity contribution in [1.29, 1.82) is 0 Å². The van der Waals surface area contributed by atoms with E-state index in [-0.39, 0.29) is 19.1 Å². The number of nitrogens with zero attached hydrogens (tertiary/aromatic N) is 1. The van der Waals surface area contributed by atoms with E-state index in [1.54, 1.807) is 25.2 Å². The van der Waals surface area contributed by atoms with Crippen LogP contribution in [0.15, 0.2) is 30.3 Å². The number of fused-ring (bicyclic) bond motifs is 1. The zero-order chi connectivity index (χ0) is 21.7. The van der Waals surface area contributed by atoms with E-state index >= 15 is 0 Å². The van der Waals surface area contributed by atoms with Crippen molar-refractivity contribution in [2.24, 2.45) is 0 Å². The van der Waals surface area contributed by atoms with Crippen molar-refractivity contribution in [2.75, 3.05) is 34.0 Å². The third-order valence-electron chi connectivity index (χ3n) is 5.26. The number of rotatable bonds is 7. The van der Waals surface area contributed by atoms with Gasteiger partial charge in [-0.3, -0.25) is 4.79 Å². The summed E-state index contributed by atoms with van der Waals surface area (Å²) >= 11 is 0. The number of amides is 1. The second-order valence-electron chi connectivity index (χ2n) is 7.24. The first-order valence-electron chi connectivity index (χ1n) is 9.78. The van der Waals surface area contributed by atoms with Gasteiger partial charge in [0.2, 0.25) is 0 Å². The fourth-order valence-corrected chi connectivity index (χ4v) is 3.32. The molecular weight excluding hydrogens is 386 g/mol. The predicted molar refractivity (Wildman–Crippen MR) is 111 cm³/mol. The van der Waals surface area contributed by atoms with Gasteiger partial charge in [-0.05, 0) is 66.8 Å². The van der Waals surface area contributed by atoms with Crippen molar-refractivity contribution in [3.63, 3.8) is 0 Å². The van der Waals surface area contributed by atoms with E-state index in [1.807, 2.05) is 38.1 Å². The number of carbonyl (C=O) groups is 2. The molecule has 2 aromatic carbocycles. The molecule has 0 atom stereocenters. The van der Waals surface area contributed by atoms with Crippen LogP contribution in [0.25, 0.3) is 0 Å². The Morgan fingerprint density at radius 2 is 1.63 bits per heavy atom. The molecule has 1 aliphatic heterocycles. The lowest BCUT2D eigenvalue weighted by Crippen LogP contribution is -2.39. The van der Waals surface area contributed by atoms with Crippen LogP contribution in [0.4, 0.5) is 0 Å². The zero-order valence-corrected chi connectivity index (χ0v) is 17.8. The van der Waals surface area contributed by atoms with Gasteiger partial charge in [0.1, 0.15) is 5.75 Å². The van der Waals surface area contributed by atoms with Crippen LogP contribution in [-0.4, -0.2) is 50.8 Å². The summed E-state index contributed by atoms with van der Waals surface area (Å²) in [5.41, 5.74) is 4.34. The zero-order valence-electron chi connectivity index (χ0n) is 17.8. The molecule has 3 rings (SSSR count). The standard InChI is InChI=1S/C23H27NO6/c1-15-5-6-19(9-16(15)2)29-14-23(26)30-13-22(25)24-8-7-17-10-20(27-3)21(28-4)11-18(17)12-24/h5-6,9-11H,7-8,12-14H2,1-4H3. The Morgan fingerprint density at radius 3 is 2.30 bits per heavy atom. The maximum absolute atomic E-state index is 12.5. The summed E-state index contributed by atoms with van der Waals surface area (Å²) in [4.78, 5) is 26.1. The van der Waals surface area contributed by atoms with Crippen LogP contribution in [0.3, 0.4) is 0 Å². The highest BCUT2D eigenvalue weighted by Crippen LogP contribution is 2.33. The average molecular weight is 413 g/mol. The van der Waals surface area contributed by atoms with E-state index < -0.39 is 5.97 Å². The Labute approximate surface area is 176 Å². The summed E-state index contributed by atoms with van der Waals surface area (Å²) < 4.78 is 21.2. The van der Waals surface area contributed by atoms with Crippen LogP contribution in [0.5, 0.6) is 17.2 Å². The van der Waals surface area contributed by atoms with Crippen molar-refractivity contribution < 1.29 is 28.5 Å². The number of ether oxygens (including phenoxy) is 4.